The molecule has 0 bridgehead atoms. The monoisotopic (exact) mass is 398 g/mol. The molecule has 3 rings (SSSR count). The minimum absolute atomic E-state index is 0.268. The fourth-order valence-corrected chi connectivity index (χ4v) is 2.40. The zero-order valence-electron chi connectivity index (χ0n) is 10.4. The molecule has 0 saturated carbocycles. The first-order valence-electron chi connectivity index (χ1n) is 5.94. The molecule has 102 valence electrons. The van der Waals surface area contributed by atoms with E-state index in [2.05, 4.69) is 33.2 Å². The Hall–Kier alpha value is -1.54. The molecule has 1 heterocycles. The fourth-order valence-electron chi connectivity index (χ4n) is 1.80. The summed E-state index contributed by atoms with van der Waals surface area (Å²) >= 11 is 7.55. The van der Waals surface area contributed by atoms with E-state index in [1.165, 1.54) is 3.57 Å². The van der Waals surface area contributed by atoms with Gasteiger partial charge >= 0.3 is 0 Å². The Morgan fingerprint density at radius 3 is 2.40 bits per heavy atom. The first-order valence-corrected chi connectivity index (χ1v) is 7.43. The molecular weight excluding hydrogens is 387 g/mol. The molecule has 0 unspecified atom stereocenters. The highest BCUT2D eigenvalue weighted by molar-refractivity contribution is 14.1. The first-order chi connectivity index (χ1) is 9.70. The van der Waals surface area contributed by atoms with E-state index in [0.29, 0.717) is 5.11 Å². The number of benzene rings is 2. The Bertz CT molecular complexity index is 646. The van der Waals surface area contributed by atoms with Crippen molar-refractivity contribution in [3.8, 4) is 11.5 Å². The smallest absolute Gasteiger partial charge is 0.231 e. The van der Waals surface area contributed by atoms with E-state index >= 15 is 0 Å². The molecule has 20 heavy (non-hydrogen) atoms. The average molecular weight is 398 g/mol. The van der Waals surface area contributed by atoms with Gasteiger partial charge in [0.15, 0.2) is 16.6 Å². The van der Waals surface area contributed by atoms with Crippen molar-refractivity contribution in [1.82, 2.24) is 0 Å². The summed E-state index contributed by atoms with van der Waals surface area (Å²) in [5.41, 5.74) is 1.81. The van der Waals surface area contributed by atoms with Crippen LogP contribution in [0.3, 0.4) is 0 Å². The highest BCUT2D eigenvalue weighted by Gasteiger charge is 2.13. The quantitative estimate of drug-likeness (QED) is 0.595. The number of halogens is 1. The molecule has 1 aliphatic rings. The third-order valence-electron chi connectivity index (χ3n) is 2.73. The van der Waals surface area contributed by atoms with Gasteiger partial charge in [-0.3, -0.25) is 0 Å². The Labute approximate surface area is 135 Å². The Balaban J connectivity index is 1.65. The zero-order chi connectivity index (χ0) is 13.9. The number of anilines is 2. The van der Waals surface area contributed by atoms with Crippen LogP contribution in [0.2, 0.25) is 0 Å². The van der Waals surface area contributed by atoms with Crippen LogP contribution in [0, 0.1) is 3.57 Å². The van der Waals surface area contributed by atoms with Gasteiger partial charge in [0.25, 0.3) is 0 Å². The second-order valence-electron chi connectivity index (χ2n) is 4.15. The normalized spacial score (nSPS) is 12.1. The van der Waals surface area contributed by atoms with Crippen molar-refractivity contribution in [2.24, 2.45) is 0 Å². The molecule has 0 radical (unpaired) electrons. The number of ether oxygens (including phenoxy) is 2. The highest BCUT2D eigenvalue weighted by atomic mass is 127. The predicted molar refractivity (Wildman–Crippen MR) is 91.6 cm³/mol. The van der Waals surface area contributed by atoms with E-state index in [1.807, 2.05) is 42.5 Å². The summed E-state index contributed by atoms with van der Waals surface area (Å²) in [6, 6.07) is 13.6. The standard InChI is InChI=1S/C14H11IN2O2S/c15-9-1-3-10(4-2-9)16-14(20)17-11-5-6-12-13(7-11)19-8-18-12/h1-7H,8H2,(H2,16,17,20). The van der Waals surface area contributed by atoms with E-state index in [4.69, 9.17) is 21.7 Å². The van der Waals surface area contributed by atoms with Gasteiger partial charge in [0.05, 0.1) is 0 Å². The van der Waals surface area contributed by atoms with Gasteiger partial charge in [0.1, 0.15) is 0 Å². The van der Waals surface area contributed by atoms with Crippen LogP contribution in [0.5, 0.6) is 11.5 Å². The summed E-state index contributed by atoms with van der Waals surface area (Å²) in [5, 5.41) is 6.78. The Morgan fingerprint density at radius 1 is 0.950 bits per heavy atom. The highest BCUT2D eigenvalue weighted by Crippen LogP contribution is 2.34. The first kappa shape index (κ1) is 13.4. The summed E-state index contributed by atoms with van der Waals surface area (Å²) in [6.07, 6.45) is 0. The minimum Gasteiger partial charge on any atom is -0.454 e. The molecule has 0 atom stereocenters. The molecule has 4 nitrogen and oxygen atoms in total. The molecule has 2 aromatic rings. The average Bonchev–Trinajstić information content (AvgIpc) is 2.89. The number of thiocarbonyl (C=S) groups is 1. The Kier molecular flexibility index (Phi) is 3.93. The van der Waals surface area contributed by atoms with Gasteiger partial charge in [-0.1, -0.05) is 0 Å². The van der Waals surface area contributed by atoms with Crippen molar-refractivity contribution < 1.29 is 9.47 Å². The van der Waals surface area contributed by atoms with Crippen LogP contribution in [0.1, 0.15) is 0 Å². The second kappa shape index (κ2) is 5.84. The molecule has 6 heteroatoms. The maximum Gasteiger partial charge on any atom is 0.231 e. The van der Waals surface area contributed by atoms with Gasteiger partial charge in [0, 0.05) is 21.0 Å². The van der Waals surface area contributed by atoms with Crippen molar-refractivity contribution in [2.75, 3.05) is 17.4 Å². The van der Waals surface area contributed by atoms with Gasteiger partial charge in [-0.25, -0.2) is 0 Å². The third-order valence-corrected chi connectivity index (χ3v) is 3.66. The van der Waals surface area contributed by atoms with Crippen LogP contribution in [0.4, 0.5) is 11.4 Å². The predicted octanol–water partition coefficient (Wildman–Crippen LogP) is 3.83. The molecule has 0 spiro atoms. The largest absolute Gasteiger partial charge is 0.454 e. The van der Waals surface area contributed by atoms with Crippen LogP contribution in [0.25, 0.3) is 0 Å². The van der Waals surface area contributed by atoms with Crippen LogP contribution in [0.15, 0.2) is 42.5 Å². The lowest BCUT2D eigenvalue weighted by molar-refractivity contribution is 0.174. The molecule has 0 aromatic heterocycles. The van der Waals surface area contributed by atoms with Crippen molar-refractivity contribution in [2.45, 2.75) is 0 Å². The molecular formula is C14H11IN2O2S. The molecule has 1 aliphatic heterocycles. The van der Waals surface area contributed by atoms with E-state index in [1.54, 1.807) is 0 Å². The lowest BCUT2D eigenvalue weighted by Gasteiger charge is -2.11. The lowest BCUT2D eigenvalue weighted by Crippen LogP contribution is -2.18. The van der Waals surface area contributed by atoms with Crippen LogP contribution < -0.4 is 20.1 Å². The molecule has 0 aliphatic carbocycles. The van der Waals surface area contributed by atoms with Gasteiger partial charge in [0.2, 0.25) is 6.79 Å². The fraction of sp³-hybridized carbons (Fsp3) is 0.0714. The minimum atomic E-state index is 0.268. The molecule has 2 aromatic carbocycles. The number of fused-ring (bicyclic) bond motifs is 1. The van der Waals surface area contributed by atoms with E-state index in [0.717, 1.165) is 22.9 Å². The molecule has 0 fully saturated rings. The number of hydrogen-bond donors (Lipinski definition) is 2. The maximum absolute atomic E-state index is 5.33. The SMILES string of the molecule is S=C(Nc1ccc(I)cc1)Nc1ccc2c(c1)OCO2. The van der Waals surface area contributed by atoms with Crippen LogP contribution in [-0.4, -0.2) is 11.9 Å². The second-order valence-corrected chi connectivity index (χ2v) is 5.81. The third kappa shape index (κ3) is 3.13. The molecule has 2 N–H and O–H groups in total. The topological polar surface area (TPSA) is 42.5 Å². The summed E-state index contributed by atoms with van der Waals surface area (Å²) in [7, 11) is 0. The number of hydrogen-bond acceptors (Lipinski definition) is 3. The van der Waals surface area contributed by atoms with Gasteiger partial charge in [-0.05, 0) is 71.2 Å². The lowest BCUT2D eigenvalue weighted by atomic mass is 10.3. The van der Waals surface area contributed by atoms with E-state index in [9.17, 15) is 0 Å². The van der Waals surface area contributed by atoms with Gasteiger partial charge < -0.3 is 20.1 Å². The Morgan fingerprint density at radius 2 is 1.60 bits per heavy atom. The van der Waals surface area contributed by atoms with Gasteiger partial charge in [-0.15, -0.1) is 0 Å². The summed E-state index contributed by atoms with van der Waals surface area (Å²) in [5.74, 6) is 1.49. The maximum atomic E-state index is 5.33. The zero-order valence-corrected chi connectivity index (χ0v) is 13.3. The van der Waals surface area contributed by atoms with E-state index in [-0.39, 0.29) is 6.79 Å². The summed E-state index contributed by atoms with van der Waals surface area (Å²) in [6.45, 7) is 0.268. The van der Waals surface area contributed by atoms with Crippen LogP contribution in [-0.2, 0) is 0 Å². The number of rotatable bonds is 2. The van der Waals surface area contributed by atoms with E-state index < -0.39 is 0 Å². The van der Waals surface area contributed by atoms with Crippen molar-refractivity contribution in [3.63, 3.8) is 0 Å². The summed E-state index contributed by atoms with van der Waals surface area (Å²) < 4.78 is 11.8. The van der Waals surface area contributed by atoms with Crippen molar-refractivity contribution in [1.29, 1.82) is 0 Å². The summed E-state index contributed by atoms with van der Waals surface area (Å²) in [4.78, 5) is 0. The number of nitrogens with one attached hydrogen (secondary N) is 2. The van der Waals surface area contributed by atoms with Crippen molar-refractivity contribution >= 4 is 51.3 Å². The van der Waals surface area contributed by atoms with Crippen LogP contribution >= 0.6 is 34.8 Å². The van der Waals surface area contributed by atoms with Gasteiger partial charge in [-0.2, -0.15) is 0 Å². The molecule has 0 saturated heterocycles. The molecule has 0 amide bonds. The van der Waals surface area contributed by atoms with Crippen molar-refractivity contribution in [3.05, 3.63) is 46.0 Å².